The molecule has 3 aromatic rings. The van der Waals surface area contributed by atoms with Crippen molar-refractivity contribution < 1.29 is 32.9 Å². The van der Waals surface area contributed by atoms with Gasteiger partial charge in [-0.15, -0.1) is 0 Å². The second-order valence-electron chi connectivity index (χ2n) is 7.36. The van der Waals surface area contributed by atoms with Gasteiger partial charge in [0.25, 0.3) is 5.56 Å². The minimum atomic E-state index is -1.13. The van der Waals surface area contributed by atoms with Crippen LogP contribution in [0.5, 0.6) is 28.7 Å². The van der Waals surface area contributed by atoms with E-state index in [9.17, 15) is 18.8 Å². The highest BCUT2D eigenvalue weighted by Gasteiger charge is 2.14. The van der Waals surface area contributed by atoms with Crippen molar-refractivity contribution in [2.75, 3.05) is 28.4 Å². The molecule has 0 amide bonds. The molecule has 1 N–H and O–H groups in total. The van der Waals surface area contributed by atoms with E-state index in [1.807, 2.05) is 11.1 Å². The summed E-state index contributed by atoms with van der Waals surface area (Å²) >= 11 is 0. The van der Waals surface area contributed by atoms with Crippen LogP contribution in [0, 0.1) is 5.82 Å². The second-order valence-corrected chi connectivity index (χ2v) is 7.36. The first kappa shape index (κ1) is 26.1. The maximum atomic E-state index is 13.4. The van der Waals surface area contributed by atoms with E-state index in [4.69, 9.17) is 23.7 Å². The first-order valence-corrected chi connectivity index (χ1v) is 10.7. The van der Waals surface area contributed by atoms with Gasteiger partial charge in [0.05, 0.1) is 41.1 Å². The van der Waals surface area contributed by atoms with Crippen molar-refractivity contribution in [1.82, 2.24) is 9.55 Å². The van der Waals surface area contributed by atoms with Gasteiger partial charge in [-0.25, -0.2) is 4.79 Å². The Kier molecular flexibility index (Phi) is 8.50. The number of ether oxygens (including phenoxy) is 5. The number of hydrogen-bond donors (Lipinski definition) is 1. The predicted octanol–water partition coefficient (Wildman–Crippen LogP) is 2.88. The molecule has 1 heterocycles. The van der Waals surface area contributed by atoms with Gasteiger partial charge < -0.3 is 23.7 Å². The molecule has 10 nitrogen and oxygen atoms in total. The maximum absolute atomic E-state index is 13.4. The molecule has 0 aliphatic rings. The second kappa shape index (κ2) is 11.7. The Morgan fingerprint density at radius 1 is 0.889 bits per heavy atom. The molecule has 0 fully saturated rings. The fourth-order valence-electron chi connectivity index (χ4n) is 3.30. The first-order chi connectivity index (χ1) is 17.3. The summed E-state index contributed by atoms with van der Waals surface area (Å²) in [6.07, 6.45) is 4.10. The number of aromatic amines is 1. The lowest BCUT2D eigenvalue weighted by Gasteiger charge is -2.13. The monoisotopic (exact) mass is 500 g/mol. The standard InChI is InChI=1S/C25H25FN2O8/c1-32-18-8-7-15(5-6-16-12-20(33-2)23(35-4)21(13-16)34-3)11-19(18)36-22(29)9-10-28-14-17(26)24(30)27-25(28)31/h5-8,11-14H,9-10H2,1-4H3,(H,27,30,31)/b6-5-. The number of aryl methyl sites for hydroxylation is 1. The lowest BCUT2D eigenvalue weighted by atomic mass is 10.1. The highest BCUT2D eigenvalue weighted by molar-refractivity contribution is 5.76. The van der Waals surface area contributed by atoms with Gasteiger partial charge in [-0.3, -0.25) is 19.1 Å². The Hall–Kier alpha value is -4.54. The number of esters is 1. The number of rotatable bonds is 10. The van der Waals surface area contributed by atoms with Crippen molar-refractivity contribution in [3.8, 4) is 28.7 Å². The molecule has 0 bridgehead atoms. The van der Waals surface area contributed by atoms with Gasteiger partial charge in [-0.05, 0) is 35.4 Å². The Bertz CT molecular complexity index is 1370. The van der Waals surface area contributed by atoms with Crippen LogP contribution in [0.25, 0.3) is 12.2 Å². The number of benzene rings is 2. The van der Waals surface area contributed by atoms with Crippen LogP contribution in [0.3, 0.4) is 0 Å². The topological polar surface area (TPSA) is 118 Å². The van der Waals surface area contributed by atoms with E-state index in [1.54, 1.807) is 36.4 Å². The van der Waals surface area contributed by atoms with Crippen LogP contribution in [-0.4, -0.2) is 44.0 Å². The summed E-state index contributed by atoms with van der Waals surface area (Å²) in [4.78, 5) is 37.1. The fraction of sp³-hybridized carbons (Fsp3) is 0.240. The lowest BCUT2D eigenvalue weighted by Crippen LogP contribution is -2.32. The number of carbonyl (C=O) groups is 1. The van der Waals surface area contributed by atoms with Crippen molar-refractivity contribution >= 4 is 18.1 Å². The summed E-state index contributed by atoms with van der Waals surface area (Å²) in [5, 5.41) is 0. The molecule has 0 radical (unpaired) electrons. The van der Waals surface area contributed by atoms with Crippen LogP contribution in [0.2, 0.25) is 0 Å². The zero-order valence-corrected chi connectivity index (χ0v) is 20.1. The first-order valence-electron chi connectivity index (χ1n) is 10.7. The molecule has 0 spiro atoms. The van der Waals surface area contributed by atoms with Gasteiger partial charge in [0.1, 0.15) is 0 Å². The fourth-order valence-corrected chi connectivity index (χ4v) is 3.30. The average Bonchev–Trinajstić information content (AvgIpc) is 2.88. The summed E-state index contributed by atoms with van der Waals surface area (Å²) in [5.41, 5.74) is -0.477. The average molecular weight is 500 g/mol. The number of methoxy groups -OCH3 is 4. The summed E-state index contributed by atoms with van der Waals surface area (Å²) in [5.74, 6) is 0.149. The van der Waals surface area contributed by atoms with Crippen molar-refractivity contribution in [3.05, 3.63) is 74.3 Å². The van der Waals surface area contributed by atoms with Gasteiger partial charge in [-0.1, -0.05) is 18.2 Å². The van der Waals surface area contributed by atoms with Crippen molar-refractivity contribution in [1.29, 1.82) is 0 Å². The molecule has 190 valence electrons. The number of aromatic nitrogens is 2. The van der Waals surface area contributed by atoms with Crippen LogP contribution in [0.15, 0.2) is 46.1 Å². The quantitative estimate of drug-likeness (QED) is 0.257. The van der Waals surface area contributed by atoms with E-state index in [2.05, 4.69) is 0 Å². The number of H-pyrrole nitrogens is 1. The Morgan fingerprint density at radius 2 is 1.50 bits per heavy atom. The summed E-state index contributed by atoms with van der Waals surface area (Å²) in [6, 6.07) is 8.58. The van der Waals surface area contributed by atoms with Crippen molar-refractivity contribution in [3.63, 3.8) is 0 Å². The Morgan fingerprint density at radius 3 is 2.11 bits per heavy atom. The highest BCUT2D eigenvalue weighted by atomic mass is 19.1. The number of nitrogens with zero attached hydrogens (tertiary/aromatic N) is 1. The third-order valence-corrected chi connectivity index (χ3v) is 5.09. The van der Waals surface area contributed by atoms with E-state index in [-0.39, 0.29) is 18.7 Å². The zero-order valence-electron chi connectivity index (χ0n) is 20.1. The molecular weight excluding hydrogens is 475 g/mol. The molecule has 0 aliphatic carbocycles. The Balaban J connectivity index is 1.77. The molecule has 0 unspecified atom stereocenters. The summed E-state index contributed by atoms with van der Waals surface area (Å²) < 4.78 is 41.1. The van der Waals surface area contributed by atoms with E-state index in [1.165, 1.54) is 28.4 Å². The third-order valence-electron chi connectivity index (χ3n) is 5.09. The van der Waals surface area contributed by atoms with Crippen LogP contribution in [0.4, 0.5) is 4.39 Å². The minimum absolute atomic E-state index is 0.162. The van der Waals surface area contributed by atoms with Crippen LogP contribution in [-0.2, 0) is 11.3 Å². The molecule has 0 atom stereocenters. The van der Waals surface area contributed by atoms with Crippen LogP contribution in [0.1, 0.15) is 17.5 Å². The molecule has 3 rings (SSSR count). The predicted molar refractivity (Wildman–Crippen MR) is 130 cm³/mol. The molecule has 11 heteroatoms. The third kappa shape index (κ3) is 6.12. The van der Waals surface area contributed by atoms with E-state index < -0.39 is 23.0 Å². The zero-order chi connectivity index (χ0) is 26.2. The van der Waals surface area contributed by atoms with Gasteiger partial charge >= 0.3 is 11.7 Å². The number of halogens is 1. The molecular formula is C25H25FN2O8. The van der Waals surface area contributed by atoms with Gasteiger partial charge in [0.15, 0.2) is 23.0 Å². The largest absolute Gasteiger partial charge is 0.493 e. The minimum Gasteiger partial charge on any atom is -0.493 e. The molecule has 0 aliphatic heterocycles. The SMILES string of the molecule is COc1ccc(/C=C\c2cc(OC)c(OC)c(OC)c2)cc1OC(=O)CCn1cc(F)c(=O)[nH]c1=O. The van der Waals surface area contributed by atoms with E-state index >= 15 is 0 Å². The van der Waals surface area contributed by atoms with Crippen LogP contribution >= 0.6 is 0 Å². The normalized spacial score (nSPS) is 10.8. The molecule has 0 saturated carbocycles. The Labute approximate surface area is 205 Å². The number of hydrogen-bond acceptors (Lipinski definition) is 8. The lowest BCUT2D eigenvalue weighted by molar-refractivity contribution is -0.134. The van der Waals surface area contributed by atoms with Gasteiger partial charge in [-0.2, -0.15) is 4.39 Å². The van der Waals surface area contributed by atoms with Crippen molar-refractivity contribution in [2.45, 2.75) is 13.0 Å². The van der Waals surface area contributed by atoms with Crippen molar-refractivity contribution in [2.24, 2.45) is 0 Å². The molecule has 2 aromatic carbocycles. The smallest absolute Gasteiger partial charge is 0.328 e. The van der Waals surface area contributed by atoms with Gasteiger partial charge in [0.2, 0.25) is 11.6 Å². The summed E-state index contributed by atoms with van der Waals surface area (Å²) in [7, 11) is 6.01. The number of carbonyl (C=O) groups excluding carboxylic acids is 1. The molecule has 36 heavy (non-hydrogen) atoms. The number of nitrogens with one attached hydrogen (secondary N) is 1. The molecule has 0 saturated heterocycles. The van der Waals surface area contributed by atoms with E-state index in [0.29, 0.717) is 28.6 Å². The highest BCUT2D eigenvalue weighted by Crippen LogP contribution is 2.38. The summed E-state index contributed by atoms with van der Waals surface area (Å²) in [6.45, 7) is -0.186. The maximum Gasteiger partial charge on any atom is 0.328 e. The van der Waals surface area contributed by atoms with Crippen LogP contribution < -0.4 is 34.9 Å². The van der Waals surface area contributed by atoms with Gasteiger partial charge in [0, 0.05) is 6.54 Å². The molecule has 1 aromatic heterocycles. The van der Waals surface area contributed by atoms with E-state index in [0.717, 1.165) is 16.3 Å².